The van der Waals surface area contributed by atoms with E-state index in [4.69, 9.17) is 4.74 Å². The molecule has 0 saturated heterocycles. The molecule has 1 heterocycles. The van der Waals surface area contributed by atoms with Crippen molar-refractivity contribution >= 4 is 23.7 Å². The molecular formula is C20H18N2O6. The first-order chi connectivity index (χ1) is 13.5. The van der Waals surface area contributed by atoms with Crippen molar-refractivity contribution in [3.8, 4) is 0 Å². The minimum atomic E-state index is -1.48. The Labute approximate surface area is 160 Å². The molecule has 0 unspecified atom stereocenters. The minimum absolute atomic E-state index is 0.159. The molecule has 3 amide bonds. The average Bonchev–Trinajstić information content (AvgIpc) is 2.98. The summed E-state index contributed by atoms with van der Waals surface area (Å²) in [7, 11) is 1.18. The normalized spacial score (nSPS) is 15.0. The number of hydrogen-bond acceptors (Lipinski definition) is 6. The molecule has 3 rings (SSSR count). The summed E-state index contributed by atoms with van der Waals surface area (Å²) >= 11 is 0. The molecule has 2 N–H and O–H groups in total. The fourth-order valence-electron chi connectivity index (χ4n) is 3.05. The number of benzene rings is 2. The van der Waals surface area contributed by atoms with Crippen molar-refractivity contribution in [2.45, 2.75) is 12.1 Å². The van der Waals surface area contributed by atoms with Crippen molar-refractivity contribution in [2.75, 3.05) is 13.7 Å². The van der Waals surface area contributed by atoms with Gasteiger partial charge in [0.05, 0.1) is 24.8 Å². The van der Waals surface area contributed by atoms with Crippen LogP contribution >= 0.6 is 0 Å². The van der Waals surface area contributed by atoms with Crippen molar-refractivity contribution in [3.63, 3.8) is 0 Å². The summed E-state index contributed by atoms with van der Waals surface area (Å²) in [5.74, 6) is -2.93. The van der Waals surface area contributed by atoms with Crippen LogP contribution in [-0.4, -0.2) is 53.5 Å². The third kappa shape index (κ3) is 3.37. The maximum Gasteiger partial charge on any atom is 0.333 e. The molecular weight excluding hydrogens is 364 g/mol. The molecule has 1 aliphatic heterocycles. The quantitative estimate of drug-likeness (QED) is 0.561. The van der Waals surface area contributed by atoms with Gasteiger partial charge in [-0.15, -0.1) is 0 Å². The summed E-state index contributed by atoms with van der Waals surface area (Å²) in [6.45, 7) is -0.792. The monoisotopic (exact) mass is 382 g/mol. The summed E-state index contributed by atoms with van der Waals surface area (Å²) in [5, 5.41) is 12.2. The number of esters is 1. The number of ether oxygens (including phenoxy) is 1. The Morgan fingerprint density at radius 3 is 2.04 bits per heavy atom. The van der Waals surface area contributed by atoms with Gasteiger partial charge in [0.1, 0.15) is 6.04 Å². The first-order valence-corrected chi connectivity index (χ1v) is 8.50. The Hall–Kier alpha value is -3.52. The smallest absolute Gasteiger partial charge is 0.333 e. The van der Waals surface area contributed by atoms with E-state index in [-0.39, 0.29) is 11.1 Å². The Morgan fingerprint density at radius 2 is 1.54 bits per heavy atom. The number of aliphatic hydroxyl groups excluding tert-OH is 1. The molecule has 1 aliphatic rings. The van der Waals surface area contributed by atoms with E-state index in [9.17, 15) is 24.3 Å². The van der Waals surface area contributed by atoms with Crippen molar-refractivity contribution < 1.29 is 29.0 Å². The Morgan fingerprint density at radius 1 is 1.00 bits per heavy atom. The molecule has 0 aliphatic carbocycles. The molecule has 144 valence electrons. The van der Waals surface area contributed by atoms with Crippen LogP contribution in [0.1, 0.15) is 32.3 Å². The Bertz CT molecular complexity index is 892. The van der Waals surface area contributed by atoms with E-state index < -0.39 is 42.4 Å². The van der Waals surface area contributed by atoms with E-state index >= 15 is 0 Å². The predicted octanol–water partition coefficient (Wildman–Crippen LogP) is 0.674. The van der Waals surface area contributed by atoms with Crippen LogP contribution in [0.25, 0.3) is 0 Å². The number of imide groups is 1. The number of aliphatic hydroxyl groups is 1. The highest BCUT2D eigenvalue weighted by molar-refractivity contribution is 6.22. The molecule has 8 nitrogen and oxygen atoms in total. The summed E-state index contributed by atoms with van der Waals surface area (Å²) < 4.78 is 4.74. The van der Waals surface area contributed by atoms with E-state index in [1.54, 1.807) is 42.5 Å². The van der Waals surface area contributed by atoms with Gasteiger partial charge in [-0.05, 0) is 17.7 Å². The first-order valence-electron chi connectivity index (χ1n) is 8.50. The summed E-state index contributed by atoms with van der Waals surface area (Å²) in [6, 6.07) is 11.9. The number of rotatable bonds is 6. The second-order valence-corrected chi connectivity index (χ2v) is 6.10. The van der Waals surface area contributed by atoms with Gasteiger partial charge in [-0.2, -0.15) is 0 Å². The third-order valence-corrected chi connectivity index (χ3v) is 4.47. The van der Waals surface area contributed by atoms with E-state index in [1.165, 1.54) is 19.2 Å². The number of methoxy groups -OCH3 is 1. The van der Waals surface area contributed by atoms with E-state index in [0.29, 0.717) is 10.5 Å². The Balaban J connectivity index is 1.87. The van der Waals surface area contributed by atoms with Crippen molar-refractivity contribution in [1.29, 1.82) is 0 Å². The van der Waals surface area contributed by atoms with Crippen molar-refractivity contribution in [2.24, 2.45) is 0 Å². The maximum atomic E-state index is 12.8. The average molecular weight is 382 g/mol. The highest BCUT2D eigenvalue weighted by Crippen LogP contribution is 2.25. The standard InChI is InChI=1S/C20H18N2O6/c1-28-20(27)16(12-7-3-2-4-8-12)21-17(24)15(11-23)22-18(25)13-9-5-6-10-14(13)19(22)26/h2-10,15-16,23H,11H2,1H3,(H,21,24)/t15-,16+/m1/s1. The lowest BCUT2D eigenvalue weighted by atomic mass is 10.1. The lowest BCUT2D eigenvalue weighted by molar-refractivity contribution is -0.146. The molecule has 0 fully saturated rings. The topological polar surface area (TPSA) is 113 Å². The largest absolute Gasteiger partial charge is 0.467 e. The molecule has 0 bridgehead atoms. The second-order valence-electron chi connectivity index (χ2n) is 6.10. The summed E-state index contributed by atoms with van der Waals surface area (Å²) in [5.41, 5.74) is 0.777. The highest BCUT2D eigenvalue weighted by atomic mass is 16.5. The van der Waals surface area contributed by atoms with Crippen molar-refractivity contribution in [1.82, 2.24) is 10.2 Å². The zero-order valence-electron chi connectivity index (χ0n) is 15.0. The molecule has 0 aromatic heterocycles. The van der Waals surface area contributed by atoms with Crippen LogP contribution in [-0.2, 0) is 14.3 Å². The van der Waals surface area contributed by atoms with Crippen molar-refractivity contribution in [3.05, 3.63) is 71.3 Å². The molecule has 8 heteroatoms. The maximum absolute atomic E-state index is 12.8. The number of nitrogens with zero attached hydrogens (tertiary/aromatic N) is 1. The fraction of sp³-hybridized carbons (Fsp3) is 0.200. The highest BCUT2D eigenvalue weighted by Gasteiger charge is 2.43. The van der Waals surface area contributed by atoms with Crippen LogP contribution in [0.15, 0.2) is 54.6 Å². The molecule has 2 aromatic carbocycles. The lowest BCUT2D eigenvalue weighted by Crippen LogP contribution is -2.53. The summed E-state index contributed by atoms with van der Waals surface area (Å²) in [4.78, 5) is 50.8. The van der Waals surface area contributed by atoms with E-state index in [0.717, 1.165) is 0 Å². The zero-order valence-corrected chi connectivity index (χ0v) is 15.0. The van der Waals surface area contributed by atoms with Gasteiger partial charge >= 0.3 is 5.97 Å². The minimum Gasteiger partial charge on any atom is -0.467 e. The van der Waals surface area contributed by atoms with Crippen LogP contribution in [0.5, 0.6) is 0 Å². The number of nitrogens with one attached hydrogen (secondary N) is 1. The fourth-order valence-corrected chi connectivity index (χ4v) is 3.05. The molecule has 0 spiro atoms. The van der Waals surface area contributed by atoms with Gasteiger partial charge in [0.25, 0.3) is 11.8 Å². The SMILES string of the molecule is COC(=O)[C@@H](NC(=O)[C@@H](CO)N1C(=O)c2ccccc2C1=O)c1ccccc1. The molecule has 0 radical (unpaired) electrons. The third-order valence-electron chi connectivity index (χ3n) is 4.47. The van der Waals surface area contributed by atoms with Gasteiger partial charge in [0, 0.05) is 0 Å². The molecule has 28 heavy (non-hydrogen) atoms. The second kappa shape index (κ2) is 8.01. The molecule has 0 saturated carbocycles. The number of carbonyl (C=O) groups excluding carboxylic acids is 4. The number of hydrogen-bond donors (Lipinski definition) is 2. The summed E-state index contributed by atoms with van der Waals surface area (Å²) in [6.07, 6.45) is 0. The molecule has 2 aromatic rings. The number of fused-ring (bicyclic) bond motifs is 1. The van der Waals surface area contributed by atoms with Crippen LogP contribution in [0, 0.1) is 0 Å². The van der Waals surface area contributed by atoms with Gasteiger partial charge in [-0.25, -0.2) is 4.79 Å². The zero-order chi connectivity index (χ0) is 20.3. The van der Waals surface area contributed by atoms with Gasteiger partial charge in [-0.1, -0.05) is 42.5 Å². The number of carbonyl (C=O) groups is 4. The van der Waals surface area contributed by atoms with Gasteiger partial charge in [0.15, 0.2) is 6.04 Å². The Kier molecular flexibility index (Phi) is 5.51. The van der Waals surface area contributed by atoms with E-state index in [1.807, 2.05) is 0 Å². The van der Waals surface area contributed by atoms with Crippen LogP contribution in [0.3, 0.4) is 0 Å². The number of amides is 3. The predicted molar refractivity (Wildman–Crippen MR) is 97.2 cm³/mol. The van der Waals surface area contributed by atoms with Gasteiger partial charge in [-0.3, -0.25) is 19.3 Å². The van der Waals surface area contributed by atoms with E-state index in [2.05, 4.69) is 5.32 Å². The van der Waals surface area contributed by atoms with Crippen LogP contribution in [0.4, 0.5) is 0 Å². The first kappa shape index (κ1) is 19.2. The molecule has 2 atom stereocenters. The van der Waals surface area contributed by atoms with Crippen LogP contribution in [0.2, 0.25) is 0 Å². The van der Waals surface area contributed by atoms with Crippen LogP contribution < -0.4 is 5.32 Å². The van der Waals surface area contributed by atoms with Gasteiger partial charge in [0.2, 0.25) is 5.91 Å². The lowest BCUT2D eigenvalue weighted by Gasteiger charge is -2.25. The van der Waals surface area contributed by atoms with Gasteiger partial charge < -0.3 is 15.2 Å².